The van der Waals surface area contributed by atoms with Gasteiger partial charge in [-0.05, 0) is 67.7 Å². The molecule has 0 radical (unpaired) electrons. The third-order valence-corrected chi connectivity index (χ3v) is 6.19. The van der Waals surface area contributed by atoms with Crippen LogP contribution in [-0.2, 0) is 16.0 Å². The number of benzene rings is 2. The van der Waals surface area contributed by atoms with Crippen LogP contribution in [0.2, 0.25) is 0 Å². The van der Waals surface area contributed by atoms with Gasteiger partial charge in [0.1, 0.15) is 5.82 Å². The van der Waals surface area contributed by atoms with E-state index in [4.69, 9.17) is 0 Å². The normalized spacial score (nSPS) is 17.2. The Balaban J connectivity index is 1.45. The molecule has 2 N–H and O–H groups in total. The SMILES string of the molecule is CN1CCc2cc([C@@H](CNC(=O)C(=O)Nc3cccc(F)c3)N3CCCCC3)ccc21. The molecule has 31 heavy (non-hydrogen) atoms. The summed E-state index contributed by atoms with van der Waals surface area (Å²) >= 11 is 0. The number of nitrogens with zero attached hydrogens (tertiary/aromatic N) is 2. The maximum atomic E-state index is 13.3. The molecular formula is C24H29FN4O2. The van der Waals surface area contributed by atoms with E-state index in [1.165, 1.54) is 41.4 Å². The minimum absolute atomic E-state index is 0.0161. The first-order valence-electron chi connectivity index (χ1n) is 10.9. The van der Waals surface area contributed by atoms with Crippen LogP contribution in [0.3, 0.4) is 0 Å². The van der Waals surface area contributed by atoms with Crippen LogP contribution in [0.25, 0.3) is 0 Å². The highest BCUT2D eigenvalue weighted by atomic mass is 19.1. The Hall–Kier alpha value is -2.93. The smallest absolute Gasteiger partial charge is 0.313 e. The van der Waals surface area contributed by atoms with Crippen LogP contribution >= 0.6 is 0 Å². The molecular weight excluding hydrogens is 395 g/mol. The molecule has 2 heterocycles. The molecule has 2 aliphatic heterocycles. The van der Waals surface area contributed by atoms with Crippen molar-refractivity contribution in [1.82, 2.24) is 10.2 Å². The molecule has 2 aliphatic rings. The molecule has 1 atom stereocenters. The molecule has 7 heteroatoms. The average Bonchev–Trinajstić information content (AvgIpc) is 3.14. The second kappa shape index (κ2) is 9.47. The summed E-state index contributed by atoms with van der Waals surface area (Å²) in [7, 11) is 2.10. The molecule has 2 amide bonds. The zero-order valence-corrected chi connectivity index (χ0v) is 17.9. The number of carbonyl (C=O) groups excluding carboxylic acids is 2. The van der Waals surface area contributed by atoms with Gasteiger partial charge in [-0.15, -0.1) is 0 Å². The molecule has 0 bridgehead atoms. The van der Waals surface area contributed by atoms with Gasteiger partial charge in [0.15, 0.2) is 0 Å². The largest absolute Gasteiger partial charge is 0.374 e. The Morgan fingerprint density at radius 2 is 1.84 bits per heavy atom. The molecule has 0 saturated carbocycles. The topological polar surface area (TPSA) is 64.7 Å². The highest BCUT2D eigenvalue weighted by molar-refractivity contribution is 6.39. The molecule has 0 aliphatic carbocycles. The Labute approximate surface area is 182 Å². The number of hydrogen-bond donors (Lipinski definition) is 2. The van der Waals surface area contributed by atoms with Gasteiger partial charge in [-0.25, -0.2) is 4.39 Å². The summed E-state index contributed by atoms with van der Waals surface area (Å²) in [4.78, 5) is 29.4. The van der Waals surface area contributed by atoms with E-state index in [-0.39, 0.29) is 11.7 Å². The molecule has 164 valence electrons. The molecule has 0 unspecified atom stereocenters. The summed E-state index contributed by atoms with van der Waals surface area (Å²) in [5.74, 6) is -1.98. The van der Waals surface area contributed by atoms with Gasteiger partial charge in [0, 0.05) is 31.5 Å². The van der Waals surface area contributed by atoms with E-state index in [1.54, 1.807) is 6.07 Å². The van der Waals surface area contributed by atoms with Crippen molar-refractivity contribution in [1.29, 1.82) is 0 Å². The van der Waals surface area contributed by atoms with Gasteiger partial charge in [0.05, 0.1) is 6.04 Å². The lowest BCUT2D eigenvalue weighted by Crippen LogP contribution is -2.43. The number of piperidine rings is 1. The van der Waals surface area contributed by atoms with Crippen molar-refractivity contribution in [2.75, 3.05) is 43.4 Å². The molecule has 0 spiro atoms. The lowest BCUT2D eigenvalue weighted by molar-refractivity contribution is -0.136. The number of likely N-dealkylation sites (N-methyl/N-ethyl adjacent to an activating group) is 1. The van der Waals surface area contributed by atoms with Crippen molar-refractivity contribution < 1.29 is 14.0 Å². The van der Waals surface area contributed by atoms with Crippen molar-refractivity contribution >= 4 is 23.2 Å². The summed E-state index contributed by atoms with van der Waals surface area (Å²) in [5, 5.41) is 5.25. The highest BCUT2D eigenvalue weighted by Crippen LogP contribution is 2.32. The number of likely N-dealkylation sites (tertiary alicyclic amines) is 1. The maximum absolute atomic E-state index is 13.3. The number of anilines is 2. The van der Waals surface area contributed by atoms with E-state index in [2.05, 4.69) is 45.7 Å². The van der Waals surface area contributed by atoms with Crippen LogP contribution < -0.4 is 15.5 Å². The van der Waals surface area contributed by atoms with Gasteiger partial charge in [-0.2, -0.15) is 0 Å². The number of amides is 2. The van der Waals surface area contributed by atoms with E-state index in [1.807, 2.05) is 0 Å². The first-order valence-corrected chi connectivity index (χ1v) is 10.9. The van der Waals surface area contributed by atoms with E-state index < -0.39 is 17.6 Å². The standard InChI is InChI=1S/C24H29FN4O2/c1-28-13-10-18-14-17(8-9-21(18)28)22(29-11-3-2-4-12-29)16-26-23(30)24(31)27-20-7-5-6-19(25)15-20/h5-9,14-15,22H,2-4,10-13,16H2,1H3,(H,26,30)(H,27,31)/t22-/m1/s1. The summed E-state index contributed by atoms with van der Waals surface area (Å²) in [6.45, 7) is 3.33. The van der Waals surface area contributed by atoms with E-state index in [0.717, 1.165) is 38.9 Å². The van der Waals surface area contributed by atoms with E-state index in [9.17, 15) is 14.0 Å². The predicted molar refractivity (Wildman–Crippen MR) is 120 cm³/mol. The molecule has 4 rings (SSSR count). The van der Waals surface area contributed by atoms with Crippen LogP contribution in [0.15, 0.2) is 42.5 Å². The second-order valence-electron chi connectivity index (χ2n) is 8.35. The zero-order chi connectivity index (χ0) is 21.8. The highest BCUT2D eigenvalue weighted by Gasteiger charge is 2.26. The maximum Gasteiger partial charge on any atom is 0.313 e. The first-order chi connectivity index (χ1) is 15.0. The first kappa shape index (κ1) is 21.3. The number of fused-ring (bicyclic) bond motifs is 1. The molecule has 2 aromatic carbocycles. The Morgan fingerprint density at radius 3 is 2.61 bits per heavy atom. The molecule has 0 aromatic heterocycles. The summed E-state index contributed by atoms with van der Waals surface area (Å²) in [6.07, 6.45) is 4.52. The van der Waals surface area contributed by atoms with Gasteiger partial charge in [-0.1, -0.05) is 24.6 Å². The van der Waals surface area contributed by atoms with Crippen LogP contribution in [0, 0.1) is 5.82 Å². The van der Waals surface area contributed by atoms with Crippen LogP contribution in [0.5, 0.6) is 0 Å². The minimum atomic E-state index is -0.793. The van der Waals surface area contributed by atoms with Gasteiger partial charge >= 0.3 is 11.8 Å². The predicted octanol–water partition coefficient (Wildman–Crippen LogP) is 3.10. The molecule has 1 fully saturated rings. The Bertz CT molecular complexity index is 958. The van der Waals surface area contributed by atoms with Gasteiger partial charge < -0.3 is 15.5 Å². The van der Waals surface area contributed by atoms with E-state index in [0.29, 0.717) is 6.54 Å². The molecule has 6 nitrogen and oxygen atoms in total. The number of carbonyl (C=O) groups is 2. The van der Waals surface area contributed by atoms with Crippen molar-refractivity contribution in [3.05, 3.63) is 59.4 Å². The number of nitrogens with one attached hydrogen (secondary N) is 2. The third kappa shape index (κ3) is 5.05. The summed E-state index contributed by atoms with van der Waals surface area (Å²) in [6, 6.07) is 12.1. The zero-order valence-electron chi connectivity index (χ0n) is 17.9. The number of hydrogen-bond acceptors (Lipinski definition) is 4. The molecule has 2 aromatic rings. The minimum Gasteiger partial charge on any atom is -0.374 e. The van der Waals surface area contributed by atoms with Crippen molar-refractivity contribution in [3.8, 4) is 0 Å². The number of halogens is 1. The lowest BCUT2D eigenvalue weighted by Gasteiger charge is -2.35. The van der Waals surface area contributed by atoms with Crippen molar-refractivity contribution in [2.24, 2.45) is 0 Å². The van der Waals surface area contributed by atoms with Gasteiger partial charge in [-0.3, -0.25) is 14.5 Å². The monoisotopic (exact) mass is 424 g/mol. The van der Waals surface area contributed by atoms with Gasteiger partial charge in [0.25, 0.3) is 0 Å². The fourth-order valence-corrected chi connectivity index (χ4v) is 4.51. The fourth-order valence-electron chi connectivity index (χ4n) is 4.51. The van der Waals surface area contributed by atoms with Crippen LogP contribution in [-0.4, -0.2) is 49.9 Å². The summed E-state index contributed by atoms with van der Waals surface area (Å²) < 4.78 is 13.3. The van der Waals surface area contributed by atoms with Crippen LogP contribution in [0.1, 0.15) is 36.4 Å². The quantitative estimate of drug-likeness (QED) is 0.724. The fraction of sp³-hybridized carbons (Fsp3) is 0.417. The Kier molecular flexibility index (Phi) is 6.51. The van der Waals surface area contributed by atoms with Gasteiger partial charge in [0.2, 0.25) is 0 Å². The van der Waals surface area contributed by atoms with Crippen molar-refractivity contribution in [3.63, 3.8) is 0 Å². The third-order valence-electron chi connectivity index (χ3n) is 6.19. The average molecular weight is 425 g/mol. The van der Waals surface area contributed by atoms with Crippen molar-refractivity contribution in [2.45, 2.75) is 31.7 Å². The molecule has 1 saturated heterocycles. The Morgan fingerprint density at radius 1 is 1.03 bits per heavy atom. The summed E-state index contributed by atoms with van der Waals surface area (Å²) in [5.41, 5.74) is 4.02. The second-order valence-corrected chi connectivity index (χ2v) is 8.35. The van der Waals surface area contributed by atoms with Crippen LogP contribution in [0.4, 0.5) is 15.8 Å². The van der Waals surface area contributed by atoms with E-state index >= 15 is 0 Å². The lowest BCUT2D eigenvalue weighted by atomic mass is 9.98. The number of rotatable bonds is 5.